The Kier molecular flexibility index (Phi) is 6.05. The van der Waals surface area contributed by atoms with Crippen LogP contribution in [0.3, 0.4) is 0 Å². The Morgan fingerprint density at radius 2 is 2.11 bits per heavy atom. The predicted molar refractivity (Wildman–Crippen MR) is 67.1 cm³/mol. The van der Waals surface area contributed by atoms with Gasteiger partial charge in [-0.15, -0.1) is 0 Å². The molecule has 1 rings (SSSR count). The molecule has 1 amide bonds. The molecule has 1 atom stereocenters. The standard InChI is InChI=1S/C13H19NO5/c1-2-11(19-13(18)8-7-12(16)17)14-9-5-3-4-6-10(14)15/h7-8,11H,2-6,9H2,1H3,(H,16,17)/b8-7-. The van der Waals surface area contributed by atoms with Gasteiger partial charge >= 0.3 is 11.9 Å². The number of carboxylic acid groups (broad SMARTS) is 1. The van der Waals surface area contributed by atoms with E-state index in [0.29, 0.717) is 19.4 Å². The van der Waals surface area contributed by atoms with Crippen molar-refractivity contribution in [2.24, 2.45) is 0 Å². The fraction of sp³-hybridized carbons (Fsp3) is 0.615. The molecule has 1 N–H and O–H groups in total. The molecule has 0 saturated carbocycles. The number of ether oxygens (including phenoxy) is 1. The number of hydrogen-bond acceptors (Lipinski definition) is 4. The van der Waals surface area contributed by atoms with Crippen LogP contribution in [0.25, 0.3) is 0 Å². The summed E-state index contributed by atoms with van der Waals surface area (Å²) in [5, 5.41) is 8.42. The number of aliphatic carboxylic acids is 1. The number of carboxylic acids is 1. The molecule has 0 bridgehead atoms. The van der Waals surface area contributed by atoms with Crippen LogP contribution in [0.4, 0.5) is 0 Å². The lowest BCUT2D eigenvalue weighted by atomic mass is 10.2. The molecule has 0 aliphatic carbocycles. The third kappa shape index (κ3) is 5.11. The Balaban J connectivity index is 2.63. The highest BCUT2D eigenvalue weighted by molar-refractivity contribution is 5.90. The molecule has 106 valence electrons. The number of hydrogen-bond donors (Lipinski definition) is 1. The molecule has 0 radical (unpaired) electrons. The monoisotopic (exact) mass is 269 g/mol. The van der Waals surface area contributed by atoms with Gasteiger partial charge in [-0.25, -0.2) is 9.59 Å². The van der Waals surface area contributed by atoms with Crippen LogP contribution in [0.1, 0.15) is 39.0 Å². The van der Waals surface area contributed by atoms with Crippen LogP contribution in [0, 0.1) is 0 Å². The van der Waals surface area contributed by atoms with Gasteiger partial charge in [0.1, 0.15) is 0 Å². The Bertz CT molecular complexity index is 377. The third-order valence-corrected chi connectivity index (χ3v) is 2.92. The minimum Gasteiger partial charge on any atom is -0.478 e. The maximum absolute atomic E-state index is 11.9. The van der Waals surface area contributed by atoms with E-state index in [1.165, 1.54) is 0 Å². The van der Waals surface area contributed by atoms with Crippen LogP contribution in [-0.2, 0) is 19.1 Å². The Morgan fingerprint density at radius 3 is 2.74 bits per heavy atom. The average molecular weight is 269 g/mol. The Morgan fingerprint density at radius 1 is 1.37 bits per heavy atom. The minimum atomic E-state index is -1.21. The van der Waals surface area contributed by atoms with Gasteiger partial charge in [-0.3, -0.25) is 4.79 Å². The third-order valence-electron chi connectivity index (χ3n) is 2.92. The lowest BCUT2D eigenvalue weighted by Crippen LogP contribution is -2.42. The van der Waals surface area contributed by atoms with Gasteiger partial charge in [0.2, 0.25) is 5.91 Å². The maximum Gasteiger partial charge on any atom is 0.332 e. The van der Waals surface area contributed by atoms with E-state index in [1.807, 2.05) is 6.92 Å². The molecule has 0 aromatic rings. The highest BCUT2D eigenvalue weighted by Crippen LogP contribution is 2.16. The topological polar surface area (TPSA) is 83.9 Å². The summed E-state index contributed by atoms with van der Waals surface area (Å²) in [6.45, 7) is 2.39. The minimum absolute atomic E-state index is 0.0145. The molecular formula is C13H19NO5. The van der Waals surface area contributed by atoms with Crippen LogP contribution in [0.5, 0.6) is 0 Å². The van der Waals surface area contributed by atoms with Gasteiger partial charge in [0, 0.05) is 31.5 Å². The highest BCUT2D eigenvalue weighted by Gasteiger charge is 2.25. The number of carbonyl (C=O) groups excluding carboxylic acids is 2. The summed E-state index contributed by atoms with van der Waals surface area (Å²) in [6.07, 6.45) is 4.66. The first kappa shape index (κ1) is 15.2. The lowest BCUT2D eigenvalue weighted by Gasteiger charge is -2.29. The molecule has 1 saturated heterocycles. The predicted octanol–water partition coefficient (Wildman–Crippen LogP) is 1.31. The van der Waals surface area contributed by atoms with Crippen molar-refractivity contribution in [3.8, 4) is 0 Å². The van der Waals surface area contributed by atoms with E-state index in [9.17, 15) is 14.4 Å². The molecule has 0 aromatic heterocycles. The van der Waals surface area contributed by atoms with E-state index in [4.69, 9.17) is 9.84 Å². The van der Waals surface area contributed by atoms with Crippen LogP contribution < -0.4 is 0 Å². The largest absolute Gasteiger partial charge is 0.478 e. The number of amides is 1. The maximum atomic E-state index is 11.9. The van der Waals surface area contributed by atoms with Crippen molar-refractivity contribution in [1.82, 2.24) is 4.90 Å². The zero-order valence-corrected chi connectivity index (χ0v) is 11.0. The van der Waals surface area contributed by atoms with Crippen LogP contribution in [0.2, 0.25) is 0 Å². The van der Waals surface area contributed by atoms with E-state index in [0.717, 1.165) is 31.4 Å². The van der Waals surface area contributed by atoms with Crippen molar-refractivity contribution in [3.05, 3.63) is 12.2 Å². The van der Waals surface area contributed by atoms with E-state index in [2.05, 4.69) is 0 Å². The number of nitrogens with zero attached hydrogens (tertiary/aromatic N) is 1. The summed E-state index contributed by atoms with van der Waals surface area (Å²) in [5.74, 6) is -1.97. The molecule has 1 aliphatic rings. The summed E-state index contributed by atoms with van der Waals surface area (Å²) in [6, 6.07) is 0. The SMILES string of the molecule is CCC(OC(=O)/C=C\C(=O)O)N1CCCCCC1=O. The molecule has 6 heteroatoms. The first-order chi connectivity index (χ1) is 9.04. The molecule has 6 nitrogen and oxygen atoms in total. The number of rotatable bonds is 5. The van der Waals surface area contributed by atoms with E-state index >= 15 is 0 Å². The second kappa shape index (κ2) is 7.56. The molecule has 1 heterocycles. The van der Waals surface area contributed by atoms with Gasteiger partial charge in [-0.05, 0) is 12.8 Å². The van der Waals surface area contributed by atoms with E-state index < -0.39 is 18.2 Å². The van der Waals surface area contributed by atoms with E-state index in [-0.39, 0.29) is 5.91 Å². The van der Waals surface area contributed by atoms with Gasteiger partial charge < -0.3 is 14.7 Å². The highest BCUT2D eigenvalue weighted by atomic mass is 16.6. The van der Waals surface area contributed by atoms with E-state index in [1.54, 1.807) is 4.90 Å². The Hall–Kier alpha value is -1.85. The van der Waals surface area contributed by atoms with Crippen molar-refractivity contribution >= 4 is 17.8 Å². The first-order valence-corrected chi connectivity index (χ1v) is 6.45. The molecule has 1 aliphatic heterocycles. The number of esters is 1. The summed E-state index contributed by atoms with van der Waals surface area (Å²) in [4.78, 5) is 35.2. The van der Waals surface area contributed by atoms with Gasteiger partial charge in [0.15, 0.2) is 6.23 Å². The van der Waals surface area contributed by atoms with Gasteiger partial charge in [0.25, 0.3) is 0 Å². The molecular weight excluding hydrogens is 250 g/mol. The second-order valence-electron chi connectivity index (χ2n) is 4.37. The molecule has 19 heavy (non-hydrogen) atoms. The summed E-state index contributed by atoms with van der Waals surface area (Å²) < 4.78 is 5.13. The number of likely N-dealkylation sites (tertiary alicyclic amines) is 1. The zero-order valence-electron chi connectivity index (χ0n) is 11.0. The molecule has 1 unspecified atom stereocenters. The van der Waals surface area contributed by atoms with Crippen LogP contribution in [-0.4, -0.2) is 40.6 Å². The fourth-order valence-electron chi connectivity index (χ4n) is 1.99. The van der Waals surface area contributed by atoms with Gasteiger partial charge in [-0.1, -0.05) is 13.3 Å². The zero-order chi connectivity index (χ0) is 14.3. The van der Waals surface area contributed by atoms with Gasteiger partial charge in [0.05, 0.1) is 0 Å². The normalized spacial score (nSPS) is 18.2. The van der Waals surface area contributed by atoms with Crippen molar-refractivity contribution in [1.29, 1.82) is 0 Å². The summed E-state index contributed by atoms with van der Waals surface area (Å²) in [5.41, 5.74) is 0. The summed E-state index contributed by atoms with van der Waals surface area (Å²) >= 11 is 0. The molecule has 1 fully saturated rings. The van der Waals surface area contributed by atoms with Crippen molar-refractivity contribution in [3.63, 3.8) is 0 Å². The first-order valence-electron chi connectivity index (χ1n) is 6.45. The summed E-state index contributed by atoms with van der Waals surface area (Å²) in [7, 11) is 0. The average Bonchev–Trinajstić information content (AvgIpc) is 2.58. The number of carbonyl (C=O) groups is 3. The molecule has 0 aromatic carbocycles. The molecule has 0 spiro atoms. The second-order valence-corrected chi connectivity index (χ2v) is 4.37. The quantitative estimate of drug-likeness (QED) is 0.601. The smallest absolute Gasteiger partial charge is 0.332 e. The van der Waals surface area contributed by atoms with Crippen LogP contribution >= 0.6 is 0 Å². The van der Waals surface area contributed by atoms with Crippen molar-refractivity contribution in [2.75, 3.05) is 6.54 Å². The van der Waals surface area contributed by atoms with Crippen molar-refractivity contribution in [2.45, 2.75) is 45.3 Å². The van der Waals surface area contributed by atoms with Crippen LogP contribution in [0.15, 0.2) is 12.2 Å². The Labute approximate surface area is 112 Å². The fourth-order valence-corrected chi connectivity index (χ4v) is 1.99. The van der Waals surface area contributed by atoms with Gasteiger partial charge in [-0.2, -0.15) is 0 Å². The lowest BCUT2D eigenvalue weighted by molar-refractivity contribution is -0.160. The van der Waals surface area contributed by atoms with Crippen molar-refractivity contribution < 1.29 is 24.2 Å².